The number of hydrogen-bond donors (Lipinski definition) is 1. The van der Waals surface area contributed by atoms with E-state index in [4.69, 9.17) is 4.74 Å². The molecule has 2 fully saturated rings. The molecule has 5 nitrogen and oxygen atoms in total. The van der Waals surface area contributed by atoms with Crippen molar-refractivity contribution in [3.05, 3.63) is 58.7 Å². The Morgan fingerprint density at radius 2 is 1.81 bits per heavy atom. The van der Waals surface area contributed by atoms with E-state index in [0.717, 1.165) is 54.9 Å². The monoisotopic (exact) mass is 501 g/mol. The molecule has 0 aromatic heterocycles. The van der Waals surface area contributed by atoms with Gasteiger partial charge in [-0.2, -0.15) is 0 Å². The fraction of sp³-hybridized carbons (Fsp3) is 0.500. The third-order valence-corrected chi connectivity index (χ3v) is 8.57. The molecule has 5 heteroatoms. The van der Waals surface area contributed by atoms with E-state index in [9.17, 15) is 14.7 Å². The van der Waals surface area contributed by atoms with Gasteiger partial charge in [0.25, 0.3) is 0 Å². The average molecular weight is 502 g/mol. The molecule has 2 aromatic carbocycles. The lowest BCUT2D eigenvalue weighted by Crippen LogP contribution is -2.34. The molecule has 0 bridgehead atoms. The lowest BCUT2D eigenvalue weighted by molar-refractivity contribution is -0.140. The van der Waals surface area contributed by atoms with Crippen molar-refractivity contribution in [2.75, 3.05) is 13.2 Å². The lowest BCUT2D eigenvalue weighted by atomic mass is 9.68. The third kappa shape index (κ3) is 4.63. The van der Waals surface area contributed by atoms with Gasteiger partial charge >= 0.3 is 0 Å². The second-order valence-electron chi connectivity index (χ2n) is 10.8. The quantitative estimate of drug-likeness (QED) is 0.309. The van der Waals surface area contributed by atoms with Gasteiger partial charge in [0.1, 0.15) is 5.75 Å². The summed E-state index contributed by atoms with van der Waals surface area (Å²) in [6.07, 6.45) is 8.52. The number of aromatic hydroxyl groups is 1. The number of hydrogen-bond acceptors (Lipinski definition) is 4. The Bertz CT molecular complexity index is 1260. The molecule has 1 N–H and O–H groups in total. The Morgan fingerprint density at radius 1 is 1.03 bits per heavy atom. The SMILES string of the molecule is CCCC1=C2[C@@H](CC/C(=C/c3ccc(O)c4ccccc34)CC)OC[C@@H]2[C@@H]2C(=O)N(CCC)C(=O)[C@@H]2C1. The van der Waals surface area contributed by atoms with Crippen LogP contribution in [-0.4, -0.2) is 41.1 Å². The van der Waals surface area contributed by atoms with Crippen LogP contribution < -0.4 is 0 Å². The summed E-state index contributed by atoms with van der Waals surface area (Å²) in [5, 5.41) is 12.2. The number of rotatable bonds is 9. The van der Waals surface area contributed by atoms with Crippen LogP contribution in [0.25, 0.3) is 16.8 Å². The highest BCUT2D eigenvalue weighted by molar-refractivity contribution is 6.06. The highest BCUT2D eigenvalue weighted by atomic mass is 16.5. The summed E-state index contributed by atoms with van der Waals surface area (Å²) in [6, 6.07) is 11.7. The van der Waals surface area contributed by atoms with E-state index >= 15 is 0 Å². The Kier molecular flexibility index (Phi) is 7.52. The van der Waals surface area contributed by atoms with Gasteiger partial charge in [0.05, 0.1) is 24.5 Å². The standard InChI is InChI=1S/C32H39NO4/c1-4-9-22-18-25-30(32(36)33(16-5-2)31(25)35)26-19-37-28(29(22)26)15-12-20(6-3)17-21-13-14-27(34)24-11-8-7-10-23(21)24/h7-8,10-11,13-14,17,25-26,28,30,34H,4-6,9,12,15-16,18-19H2,1-3H3/b20-17+/t25-,26+,28-,30-/m1/s1. The van der Waals surface area contributed by atoms with Gasteiger partial charge in [0.15, 0.2) is 0 Å². The van der Waals surface area contributed by atoms with E-state index in [0.29, 0.717) is 25.3 Å². The van der Waals surface area contributed by atoms with Gasteiger partial charge in [0.2, 0.25) is 11.8 Å². The number of fused-ring (bicyclic) bond motifs is 4. The van der Waals surface area contributed by atoms with E-state index in [1.165, 1.54) is 21.6 Å². The van der Waals surface area contributed by atoms with Crippen LogP contribution >= 0.6 is 0 Å². The van der Waals surface area contributed by atoms with Crippen LogP contribution in [0.3, 0.4) is 0 Å². The second-order valence-corrected chi connectivity index (χ2v) is 10.8. The van der Waals surface area contributed by atoms with Crippen LogP contribution in [0.5, 0.6) is 5.75 Å². The van der Waals surface area contributed by atoms with E-state index in [-0.39, 0.29) is 35.7 Å². The van der Waals surface area contributed by atoms with Crippen molar-refractivity contribution in [3.8, 4) is 5.75 Å². The van der Waals surface area contributed by atoms with Crippen molar-refractivity contribution in [3.63, 3.8) is 0 Å². The minimum Gasteiger partial charge on any atom is -0.507 e. The summed E-state index contributed by atoms with van der Waals surface area (Å²) in [7, 11) is 0. The molecular formula is C32H39NO4. The number of likely N-dealkylation sites (tertiary alicyclic amines) is 1. The van der Waals surface area contributed by atoms with Crippen molar-refractivity contribution >= 4 is 28.7 Å². The molecule has 0 unspecified atom stereocenters. The number of imide groups is 1. The van der Waals surface area contributed by atoms with Gasteiger partial charge in [0, 0.05) is 17.8 Å². The van der Waals surface area contributed by atoms with Crippen LogP contribution in [-0.2, 0) is 14.3 Å². The van der Waals surface area contributed by atoms with Gasteiger partial charge in [-0.3, -0.25) is 14.5 Å². The van der Waals surface area contributed by atoms with Gasteiger partial charge in [-0.05, 0) is 61.1 Å². The fourth-order valence-corrected chi connectivity index (χ4v) is 6.84. The Labute approximate surface area is 220 Å². The maximum atomic E-state index is 13.3. The number of amides is 2. The Balaban J connectivity index is 1.38. The first-order valence-electron chi connectivity index (χ1n) is 14.1. The number of carbonyl (C=O) groups is 2. The molecule has 1 aliphatic carbocycles. The average Bonchev–Trinajstić information content (AvgIpc) is 3.43. The molecule has 2 saturated heterocycles. The number of phenols is 1. The molecule has 5 rings (SSSR count). The van der Waals surface area contributed by atoms with E-state index in [2.05, 4.69) is 26.0 Å². The molecule has 0 radical (unpaired) electrons. The summed E-state index contributed by atoms with van der Waals surface area (Å²) in [6.45, 7) is 7.45. The lowest BCUT2D eigenvalue weighted by Gasteiger charge is -2.32. The Hall–Kier alpha value is -2.92. The van der Waals surface area contributed by atoms with E-state index in [1.54, 1.807) is 6.07 Å². The topological polar surface area (TPSA) is 66.8 Å². The fourth-order valence-electron chi connectivity index (χ4n) is 6.84. The van der Waals surface area contributed by atoms with Crippen LogP contribution in [0.15, 0.2) is 53.1 Å². The zero-order chi connectivity index (χ0) is 26.1. The van der Waals surface area contributed by atoms with Gasteiger partial charge in [-0.25, -0.2) is 0 Å². The molecule has 2 heterocycles. The first-order valence-corrected chi connectivity index (χ1v) is 14.1. The van der Waals surface area contributed by atoms with E-state index in [1.807, 2.05) is 31.2 Å². The highest BCUT2D eigenvalue weighted by Crippen LogP contribution is 2.50. The number of allylic oxidation sites excluding steroid dienone is 2. The van der Waals surface area contributed by atoms with Crippen molar-refractivity contribution in [1.82, 2.24) is 4.90 Å². The summed E-state index contributed by atoms with van der Waals surface area (Å²) in [5.74, 6) is -0.0501. The van der Waals surface area contributed by atoms with Crippen LogP contribution in [0.2, 0.25) is 0 Å². The molecule has 2 aliphatic heterocycles. The zero-order valence-corrected chi connectivity index (χ0v) is 22.3. The molecule has 0 saturated carbocycles. The summed E-state index contributed by atoms with van der Waals surface area (Å²) in [5.41, 5.74) is 5.15. The minimum absolute atomic E-state index is 0.0159. The van der Waals surface area contributed by atoms with Crippen LogP contribution in [0.1, 0.15) is 71.3 Å². The summed E-state index contributed by atoms with van der Waals surface area (Å²) >= 11 is 0. The van der Waals surface area contributed by atoms with Gasteiger partial charge in [-0.15, -0.1) is 0 Å². The van der Waals surface area contributed by atoms with Crippen LogP contribution in [0, 0.1) is 17.8 Å². The van der Waals surface area contributed by atoms with Crippen molar-refractivity contribution in [2.45, 2.75) is 71.8 Å². The highest BCUT2D eigenvalue weighted by Gasteiger charge is 2.56. The first-order chi connectivity index (χ1) is 18.0. The van der Waals surface area contributed by atoms with Crippen molar-refractivity contribution in [2.24, 2.45) is 17.8 Å². The summed E-state index contributed by atoms with van der Waals surface area (Å²) in [4.78, 5) is 27.9. The minimum atomic E-state index is -0.246. The van der Waals surface area contributed by atoms with Gasteiger partial charge in [-0.1, -0.05) is 74.7 Å². The molecule has 4 atom stereocenters. The molecule has 0 spiro atoms. The molecule has 2 aromatic rings. The molecule has 3 aliphatic rings. The first kappa shape index (κ1) is 25.7. The molecule has 37 heavy (non-hydrogen) atoms. The maximum absolute atomic E-state index is 13.3. The zero-order valence-electron chi connectivity index (χ0n) is 22.3. The van der Waals surface area contributed by atoms with Gasteiger partial charge < -0.3 is 9.84 Å². The maximum Gasteiger partial charge on any atom is 0.233 e. The predicted octanol–water partition coefficient (Wildman–Crippen LogP) is 6.65. The van der Waals surface area contributed by atoms with E-state index < -0.39 is 0 Å². The van der Waals surface area contributed by atoms with Crippen molar-refractivity contribution in [1.29, 1.82) is 0 Å². The normalized spacial score (nSPS) is 25.8. The number of ether oxygens (including phenoxy) is 1. The van der Waals surface area contributed by atoms with Crippen LogP contribution in [0.4, 0.5) is 0 Å². The molecular weight excluding hydrogens is 462 g/mol. The largest absolute Gasteiger partial charge is 0.507 e. The predicted molar refractivity (Wildman–Crippen MR) is 147 cm³/mol. The number of carbonyl (C=O) groups excluding carboxylic acids is 2. The summed E-state index contributed by atoms with van der Waals surface area (Å²) < 4.78 is 6.39. The smallest absolute Gasteiger partial charge is 0.233 e. The number of benzene rings is 2. The third-order valence-electron chi connectivity index (χ3n) is 8.57. The molecule has 196 valence electrons. The number of phenolic OH excluding ortho intramolecular Hbond substituents is 1. The second kappa shape index (κ2) is 10.8. The Morgan fingerprint density at radius 3 is 2.54 bits per heavy atom. The number of nitrogens with zero attached hydrogens (tertiary/aromatic N) is 1. The van der Waals surface area contributed by atoms with Crippen molar-refractivity contribution < 1.29 is 19.4 Å². The molecule has 2 amide bonds.